The molecule has 7 heteroatoms. The van der Waals surface area contributed by atoms with E-state index in [0.29, 0.717) is 22.4 Å². The molecule has 0 radical (unpaired) electrons. The summed E-state index contributed by atoms with van der Waals surface area (Å²) in [4.78, 5) is 8.67. The minimum atomic E-state index is -4.73. The first-order valence-corrected chi connectivity index (χ1v) is 9.38. The Labute approximate surface area is 173 Å². The summed E-state index contributed by atoms with van der Waals surface area (Å²) in [5.74, 6) is -0.287. The predicted molar refractivity (Wildman–Crippen MR) is 108 cm³/mol. The zero-order valence-corrected chi connectivity index (χ0v) is 17.2. The van der Waals surface area contributed by atoms with E-state index in [0.717, 1.165) is 5.56 Å². The van der Waals surface area contributed by atoms with Crippen molar-refractivity contribution in [1.82, 2.24) is 9.97 Å². The van der Waals surface area contributed by atoms with Crippen LogP contribution in [0.4, 0.5) is 13.2 Å². The van der Waals surface area contributed by atoms with Gasteiger partial charge in [-0.1, -0.05) is 39.0 Å². The molecule has 0 saturated heterocycles. The summed E-state index contributed by atoms with van der Waals surface area (Å²) in [6.07, 6.45) is 0.185. The zero-order valence-electron chi connectivity index (χ0n) is 17.2. The van der Waals surface area contributed by atoms with E-state index in [1.807, 2.05) is 33.8 Å². The Balaban J connectivity index is 1.96. The first-order valence-electron chi connectivity index (χ1n) is 9.38. The second kappa shape index (κ2) is 7.72. The number of ether oxygens (including phenoxy) is 1. The van der Waals surface area contributed by atoms with Crippen LogP contribution in [0.15, 0.2) is 61.1 Å². The van der Waals surface area contributed by atoms with Gasteiger partial charge in [-0.3, -0.25) is 9.97 Å². The van der Waals surface area contributed by atoms with Crippen LogP contribution >= 0.6 is 0 Å². The Morgan fingerprint density at radius 1 is 0.867 bits per heavy atom. The molecule has 2 aromatic heterocycles. The van der Waals surface area contributed by atoms with E-state index >= 15 is 0 Å². The van der Waals surface area contributed by atoms with Crippen molar-refractivity contribution in [2.75, 3.05) is 0 Å². The van der Waals surface area contributed by atoms with Crippen molar-refractivity contribution in [1.29, 1.82) is 0 Å². The molecule has 0 saturated carbocycles. The van der Waals surface area contributed by atoms with Gasteiger partial charge < -0.3 is 9.84 Å². The highest BCUT2D eigenvalue weighted by molar-refractivity contribution is 5.63. The minimum absolute atomic E-state index is 0.287. The molecule has 1 atom stereocenters. The average Bonchev–Trinajstić information content (AvgIpc) is 2.66. The second-order valence-electron chi connectivity index (χ2n) is 8.16. The SMILES string of the molecule is Cc1ccncc1C(O)(c1ccc(-c2ccc(OC(F)(F)F)cc2)cn1)C(C)(C)C. The number of alkyl halides is 3. The fourth-order valence-corrected chi connectivity index (χ4v) is 3.40. The molecule has 0 spiro atoms. The first kappa shape index (κ1) is 21.8. The highest BCUT2D eigenvalue weighted by atomic mass is 19.4. The van der Waals surface area contributed by atoms with Crippen LogP contribution in [0, 0.1) is 12.3 Å². The molecule has 0 aliphatic carbocycles. The average molecular weight is 416 g/mol. The number of nitrogens with zero attached hydrogens (tertiary/aromatic N) is 2. The summed E-state index contributed by atoms with van der Waals surface area (Å²) in [6, 6.07) is 10.9. The molecule has 0 amide bonds. The smallest absolute Gasteiger partial charge is 0.406 e. The molecule has 3 rings (SSSR count). The van der Waals surface area contributed by atoms with Crippen LogP contribution in [0.3, 0.4) is 0 Å². The second-order valence-corrected chi connectivity index (χ2v) is 8.16. The Bertz CT molecular complexity index is 1010. The highest BCUT2D eigenvalue weighted by Gasteiger charge is 2.45. The molecule has 1 aromatic carbocycles. The quantitative estimate of drug-likeness (QED) is 0.599. The summed E-state index contributed by atoms with van der Waals surface area (Å²) in [6.45, 7) is 7.68. The molecule has 3 aromatic rings. The Kier molecular flexibility index (Phi) is 5.60. The van der Waals surface area contributed by atoms with Crippen molar-refractivity contribution in [3.63, 3.8) is 0 Å². The van der Waals surface area contributed by atoms with Crippen LogP contribution < -0.4 is 4.74 Å². The van der Waals surface area contributed by atoms with Crippen molar-refractivity contribution in [2.45, 2.75) is 39.7 Å². The van der Waals surface area contributed by atoms with Crippen LogP contribution in [0.5, 0.6) is 5.75 Å². The van der Waals surface area contributed by atoms with Gasteiger partial charge in [-0.25, -0.2) is 0 Å². The lowest BCUT2D eigenvalue weighted by Gasteiger charge is -2.41. The van der Waals surface area contributed by atoms with Crippen molar-refractivity contribution in [3.8, 4) is 16.9 Å². The van der Waals surface area contributed by atoms with Gasteiger partial charge in [-0.15, -0.1) is 13.2 Å². The molecular formula is C23H23F3N2O2. The number of rotatable bonds is 4. The number of aliphatic hydroxyl groups is 1. The van der Waals surface area contributed by atoms with Crippen LogP contribution in [-0.2, 0) is 5.60 Å². The summed E-state index contributed by atoms with van der Waals surface area (Å²) >= 11 is 0. The molecule has 0 aliphatic heterocycles. The molecule has 158 valence electrons. The molecular weight excluding hydrogens is 393 g/mol. The summed E-state index contributed by atoms with van der Waals surface area (Å²) in [7, 11) is 0. The molecule has 4 nitrogen and oxygen atoms in total. The molecule has 0 aliphatic rings. The lowest BCUT2D eigenvalue weighted by Crippen LogP contribution is -2.42. The van der Waals surface area contributed by atoms with Crippen LogP contribution in [0.1, 0.15) is 37.6 Å². The van der Waals surface area contributed by atoms with E-state index < -0.39 is 17.4 Å². The van der Waals surface area contributed by atoms with Gasteiger partial charge in [0.15, 0.2) is 0 Å². The highest BCUT2D eigenvalue weighted by Crippen LogP contribution is 2.45. The predicted octanol–water partition coefficient (Wildman–Crippen LogP) is 5.63. The molecule has 30 heavy (non-hydrogen) atoms. The Morgan fingerprint density at radius 2 is 1.50 bits per heavy atom. The maximum Gasteiger partial charge on any atom is 0.573 e. The summed E-state index contributed by atoms with van der Waals surface area (Å²) in [5.41, 5.74) is 1.46. The van der Waals surface area contributed by atoms with Gasteiger partial charge in [0.1, 0.15) is 11.4 Å². The Morgan fingerprint density at radius 3 is 2.00 bits per heavy atom. The standard InChI is InChI=1S/C23H23F3N2O2/c1-15-11-12-27-14-19(15)22(29,21(2,3)4)20-10-7-17(13-28-20)16-5-8-18(9-6-16)30-23(24,25)26/h5-14,29H,1-4H3. The van der Waals surface area contributed by atoms with E-state index in [-0.39, 0.29) is 5.75 Å². The van der Waals surface area contributed by atoms with Crippen molar-refractivity contribution < 1.29 is 23.0 Å². The fourth-order valence-electron chi connectivity index (χ4n) is 3.40. The van der Waals surface area contributed by atoms with Gasteiger partial charge in [0.05, 0.1) is 5.69 Å². The summed E-state index contributed by atoms with van der Waals surface area (Å²) in [5, 5.41) is 11.8. The van der Waals surface area contributed by atoms with Crippen LogP contribution in [0.25, 0.3) is 11.1 Å². The van der Waals surface area contributed by atoms with Gasteiger partial charge in [-0.05, 0) is 42.3 Å². The van der Waals surface area contributed by atoms with Crippen molar-refractivity contribution in [2.24, 2.45) is 5.41 Å². The molecule has 0 fully saturated rings. The lowest BCUT2D eigenvalue weighted by molar-refractivity contribution is -0.274. The van der Waals surface area contributed by atoms with E-state index in [2.05, 4.69) is 14.7 Å². The maximum absolute atomic E-state index is 12.3. The normalized spacial score (nSPS) is 14.3. The van der Waals surface area contributed by atoms with Gasteiger partial charge in [0.25, 0.3) is 0 Å². The van der Waals surface area contributed by atoms with Crippen molar-refractivity contribution >= 4 is 0 Å². The van der Waals surface area contributed by atoms with Crippen molar-refractivity contribution in [3.05, 3.63) is 77.9 Å². The number of aromatic nitrogens is 2. The fraction of sp³-hybridized carbons (Fsp3) is 0.304. The largest absolute Gasteiger partial charge is 0.573 e. The van der Waals surface area contributed by atoms with E-state index in [9.17, 15) is 18.3 Å². The van der Waals surface area contributed by atoms with Gasteiger partial charge in [-0.2, -0.15) is 0 Å². The third kappa shape index (κ3) is 4.31. The number of hydrogen-bond donors (Lipinski definition) is 1. The number of benzene rings is 1. The lowest BCUT2D eigenvalue weighted by atomic mass is 9.69. The van der Waals surface area contributed by atoms with E-state index in [1.54, 1.807) is 30.7 Å². The number of aryl methyl sites for hydroxylation is 1. The third-order valence-electron chi connectivity index (χ3n) is 5.07. The van der Waals surface area contributed by atoms with Crippen LogP contribution in [0.2, 0.25) is 0 Å². The van der Waals surface area contributed by atoms with Gasteiger partial charge >= 0.3 is 6.36 Å². The van der Waals surface area contributed by atoms with Gasteiger partial charge in [0.2, 0.25) is 0 Å². The van der Waals surface area contributed by atoms with Gasteiger partial charge in [0, 0.05) is 35.1 Å². The number of halogens is 3. The zero-order chi connectivity index (χ0) is 22.2. The monoisotopic (exact) mass is 416 g/mol. The molecule has 1 N–H and O–H groups in total. The minimum Gasteiger partial charge on any atom is -0.406 e. The van der Waals surface area contributed by atoms with Crippen LogP contribution in [-0.4, -0.2) is 21.4 Å². The topological polar surface area (TPSA) is 55.2 Å². The number of pyridine rings is 2. The van der Waals surface area contributed by atoms with E-state index in [1.165, 1.54) is 24.3 Å². The Hall–Kier alpha value is -2.93. The maximum atomic E-state index is 12.3. The number of hydrogen-bond acceptors (Lipinski definition) is 4. The third-order valence-corrected chi connectivity index (χ3v) is 5.07. The van der Waals surface area contributed by atoms with E-state index in [4.69, 9.17) is 0 Å². The first-order chi connectivity index (χ1) is 13.9. The molecule has 0 bridgehead atoms. The summed E-state index contributed by atoms with van der Waals surface area (Å²) < 4.78 is 40.9. The molecule has 1 unspecified atom stereocenters. The molecule has 2 heterocycles.